The van der Waals surface area contributed by atoms with Gasteiger partial charge in [0.25, 0.3) is 0 Å². The van der Waals surface area contributed by atoms with E-state index < -0.39 is 23.6 Å². The monoisotopic (exact) mass is 327 g/mol. The maximum atomic E-state index is 13.8. The molecule has 124 valence electrons. The number of carbonyl (C=O) groups is 2. The fraction of sp³-hybridized carbons (Fsp3) is 0.333. The first kappa shape index (κ1) is 16.9. The maximum absolute atomic E-state index is 13.8. The van der Waals surface area contributed by atoms with Gasteiger partial charge in [-0.05, 0) is 19.1 Å². The van der Waals surface area contributed by atoms with Crippen molar-refractivity contribution < 1.29 is 32.6 Å². The molecule has 0 bridgehead atoms. The standard InChI is InChI=1S/C15H15F2NO5/c1-8-11(5-4-10(16)12(8)17)18-7-23-6-9(14(19)21-2)13(18)15(20)22-3/h4-5H,6-7H2,1-3H3. The van der Waals surface area contributed by atoms with Crippen molar-refractivity contribution in [3.63, 3.8) is 0 Å². The molecule has 0 saturated heterocycles. The molecule has 0 radical (unpaired) electrons. The van der Waals surface area contributed by atoms with Gasteiger partial charge in [-0.25, -0.2) is 18.4 Å². The zero-order chi connectivity index (χ0) is 17.1. The van der Waals surface area contributed by atoms with Crippen LogP contribution >= 0.6 is 0 Å². The molecule has 0 fully saturated rings. The molecule has 1 aromatic carbocycles. The van der Waals surface area contributed by atoms with Gasteiger partial charge in [-0.1, -0.05) is 0 Å². The minimum atomic E-state index is -1.04. The molecule has 0 aliphatic carbocycles. The van der Waals surface area contributed by atoms with E-state index in [1.807, 2.05) is 0 Å². The molecule has 1 aromatic rings. The number of nitrogens with zero attached hydrogens (tertiary/aromatic N) is 1. The lowest BCUT2D eigenvalue weighted by molar-refractivity contribution is -0.140. The zero-order valence-electron chi connectivity index (χ0n) is 12.8. The molecule has 1 aliphatic rings. The maximum Gasteiger partial charge on any atom is 0.355 e. The number of hydrogen-bond acceptors (Lipinski definition) is 6. The fourth-order valence-electron chi connectivity index (χ4n) is 2.27. The van der Waals surface area contributed by atoms with Crippen LogP contribution < -0.4 is 4.90 Å². The topological polar surface area (TPSA) is 65.1 Å². The number of hydrogen-bond donors (Lipinski definition) is 0. The molecule has 6 nitrogen and oxygen atoms in total. The molecule has 0 spiro atoms. The Labute approximate surface area is 131 Å². The van der Waals surface area contributed by atoms with Gasteiger partial charge in [0.05, 0.1) is 26.4 Å². The quantitative estimate of drug-likeness (QED) is 0.787. The second kappa shape index (κ2) is 6.74. The van der Waals surface area contributed by atoms with E-state index in [-0.39, 0.29) is 35.9 Å². The van der Waals surface area contributed by atoms with Crippen LogP contribution in [-0.2, 0) is 23.8 Å². The summed E-state index contributed by atoms with van der Waals surface area (Å²) in [7, 11) is 2.31. The molecule has 2 rings (SSSR count). The SMILES string of the molecule is COC(=O)C1=C(C(=O)OC)N(c2ccc(F)c(F)c2C)COC1. The average Bonchev–Trinajstić information content (AvgIpc) is 2.57. The van der Waals surface area contributed by atoms with Crippen molar-refractivity contribution in [2.45, 2.75) is 6.92 Å². The van der Waals surface area contributed by atoms with Crippen molar-refractivity contribution in [1.82, 2.24) is 0 Å². The summed E-state index contributed by atoms with van der Waals surface area (Å²) in [6.45, 7) is 1.07. The Hall–Kier alpha value is -2.48. The van der Waals surface area contributed by atoms with Crippen LogP contribution in [0.15, 0.2) is 23.4 Å². The molecule has 8 heteroatoms. The predicted molar refractivity (Wildman–Crippen MR) is 75.5 cm³/mol. The number of halogens is 2. The molecular formula is C15H15F2NO5. The van der Waals surface area contributed by atoms with E-state index in [1.54, 1.807) is 0 Å². The molecule has 0 atom stereocenters. The lowest BCUT2D eigenvalue weighted by Crippen LogP contribution is -2.39. The van der Waals surface area contributed by atoms with Crippen molar-refractivity contribution in [1.29, 1.82) is 0 Å². The Kier molecular flexibility index (Phi) is 4.95. The van der Waals surface area contributed by atoms with Crippen LogP contribution in [0.2, 0.25) is 0 Å². The molecular weight excluding hydrogens is 312 g/mol. The van der Waals surface area contributed by atoms with Gasteiger partial charge in [-0.3, -0.25) is 0 Å². The minimum Gasteiger partial charge on any atom is -0.466 e. The third-order valence-corrected chi connectivity index (χ3v) is 3.43. The number of esters is 2. The van der Waals surface area contributed by atoms with Crippen molar-refractivity contribution in [2.24, 2.45) is 0 Å². The number of methoxy groups -OCH3 is 2. The van der Waals surface area contributed by atoms with Crippen LogP contribution in [0.4, 0.5) is 14.5 Å². The first-order chi connectivity index (χ1) is 10.9. The lowest BCUT2D eigenvalue weighted by Gasteiger charge is -2.32. The lowest BCUT2D eigenvalue weighted by atomic mass is 10.1. The molecule has 1 aliphatic heterocycles. The van der Waals surface area contributed by atoms with E-state index in [0.717, 1.165) is 20.3 Å². The van der Waals surface area contributed by atoms with E-state index in [0.29, 0.717) is 0 Å². The largest absolute Gasteiger partial charge is 0.466 e. The highest BCUT2D eigenvalue weighted by Crippen LogP contribution is 2.31. The average molecular weight is 327 g/mol. The van der Waals surface area contributed by atoms with Gasteiger partial charge in [0.2, 0.25) is 0 Å². The summed E-state index contributed by atoms with van der Waals surface area (Å²) >= 11 is 0. The summed E-state index contributed by atoms with van der Waals surface area (Å²) in [6, 6.07) is 2.22. The van der Waals surface area contributed by atoms with Crippen molar-refractivity contribution >= 4 is 17.6 Å². The van der Waals surface area contributed by atoms with Crippen LogP contribution in [0.5, 0.6) is 0 Å². The van der Waals surface area contributed by atoms with E-state index in [9.17, 15) is 18.4 Å². The van der Waals surface area contributed by atoms with Crippen LogP contribution in [-0.4, -0.2) is 39.5 Å². The highest BCUT2D eigenvalue weighted by Gasteiger charge is 2.33. The van der Waals surface area contributed by atoms with Crippen LogP contribution in [0.1, 0.15) is 5.56 Å². The van der Waals surface area contributed by atoms with Gasteiger partial charge in [0.15, 0.2) is 11.6 Å². The van der Waals surface area contributed by atoms with Gasteiger partial charge >= 0.3 is 11.9 Å². The second-order valence-corrected chi connectivity index (χ2v) is 4.72. The van der Waals surface area contributed by atoms with Gasteiger partial charge in [0.1, 0.15) is 12.4 Å². The summed E-state index contributed by atoms with van der Waals surface area (Å²) in [5.41, 5.74) is -0.0269. The highest BCUT2D eigenvalue weighted by atomic mass is 19.2. The number of benzene rings is 1. The van der Waals surface area contributed by atoms with E-state index in [2.05, 4.69) is 4.74 Å². The summed E-state index contributed by atoms with van der Waals surface area (Å²) in [6.07, 6.45) is 0. The zero-order valence-corrected chi connectivity index (χ0v) is 12.8. The van der Waals surface area contributed by atoms with Crippen LogP contribution in [0.25, 0.3) is 0 Å². The van der Waals surface area contributed by atoms with E-state index >= 15 is 0 Å². The molecule has 0 aromatic heterocycles. The van der Waals surface area contributed by atoms with Crippen LogP contribution in [0, 0.1) is 18.6 Å². The molecule has 0 unspecified atom stereocenters. The molecule has 0 saturated carbocycles. The third-order valence-electron chi connectivity index (χ3n) is 3.43. The predicted octanol–water partition coefficient (Wildman–Crippen LogP) is 1.67. The molecule has 1 heterocycles. The molecule has 0 N–H and O–H groups in total. The first-order valence-corrected chi connectivity index (χ1v) is 6.62. The Morgan fingerprint density at radius 3 is 2.43 bits per heavy atom. The van der Waals surface area contributed by atoms with Crippen molar-refractivity contribution in [3.8, 4) is 0 Å². The summed E-state index contributed by atoms with van der Waals surface area (Å²) in [5.74, 6) is -3.63. The Balaban J connectivity index is 2.62. The number of carbonyl (C=O) groups excluding carboxylic acids is 2. The molecule has 23 heavy (non-hydrogen) atoms. The van der Waals surface area contributed by atoms with E-state index in [4.69, 9.17) is 9.47 Å². The van der Waals surface area contributed by atoms with Crippen molar-refractivity contribution in [2.75, 3.05) is 32.5 Å². The first-order valence-electron chi connectivity index (χ1n) is 6.62. The number of ether oxygens (including phenoxy) is 3. The Morgan fingerprint density at radius 1 is 1.17 bits per heavy atom. The minimum absolute atomic E-state index is 0.0267. The van der Waals surface area contributed by atoms with Gasteiger partial charge < -0.3 is 19.1 Å². The van der Waals surface area contributed by atoms with E-state index in [1.165, 1.54) is 17.9 Å². The smallest absolute Gasteiger partial charge is 0.355 e. The number of anilines is 1. The summed E-state index contributed by atoms with van der Waals surface area (Å²) in [5, 5.41) is 0. The highest BCUT2D eigenvalue weighted by molar-refractivity contribution is 6.03. The summed E-state index contributed by atoms with van der Waals surface area (Å²) in [4.78, 5) is 25.2. The summed E-state index contributed by atoms with van der Waals surface area (Å²) < 4.78 is 41.7. The third kappa shape index (κ3) is 3.02. The second-order valence-electron chi connectivity index (χ2n) is 4.72. The molecule has 0 amide bonds. The van der Waals surface area contributed by atoms with Gasteiger partial charge in [-0.15, -0.1) is 0 Å². The number of rotatable bonds is 3. The fourth-order valence-corrected chi connectivity index (χ4v) is 2.27. The van der Waals surface area contributed by atoms with Crippen LogP contribution in [0.3, 0.4) is 0 Å². The Morgan fingerprint density at radius 2 is 1.83 bits per heavy atom. The van der Waals surface area contributed by atoms with Gasteiger partial charge in [-0.2, -0.15) is 0 Å². The van der Waals surface area contributed by atoms with Gasteiger partial charge in [0, 0.05) is 11.3 Å². The normalized spacial score (nSPS) is 14.7. The van der Waals surface area contributed by atoms with Crippen molar-refractivity contribution in [3.05, 3.63) is 40.6 Å². The Bertz CT molecular complexity index is 687.